The van der Waals surface area contributed by atoms with Crippen LogP contribution in [0.1, 0.15) is 15.9 Å². The van der Waals surface area contributed by atoms with Crippen LogP contribution in [-0.4, -0.2) is 36.7 Å². The van der Waals surface area contributed by atoms with E-state index in [4.69, 9.17) is 0 Å². The van der Waals surface area contributed by atoms with Gasteiger partial charge in [-0.05, 0) is 18.6 Å². The third kappa shape index (κ3) is 2.77. The Balaban J connectivity index is 2.34. The summed E-state index contributed by atoms with van der Waals surface area (Å²) in [6.45, 7) is 1.83. The minimum atomic E-state index is -4.00. The monoisotopic (exact) mass is 296 g/mol. The Morgan fingerprint density at radius 2 is 2.10 bits per heavy atom. The van der Waals surface area contributed by atoms with Crippen molar-refractivity contribution < 1.29 is 17.9 Å². The number of aromatic amines is 1. The van der Waals surface area contributed by atoms with Crippen LogP contribution in [0.5, 0.6) is 0 Å². The summed E-state index contributed by atoms with van der Waals surface area (Å²) in [5, 5.41) is 5.44. The summed E-state index contributed by atoms with van der Waals surface area (Å²) in [5.41, 5.74) is 0.719. The van der Waals surface area contributed by atoms with Crippen LogP contribution in [0.25, 0.3) is 0 Å². The summed E-state index contributed by atoms with van der Waals surface area (Å²) in [6.07, 6.45) is 2.61. The largest absolute Gasteiger partial charge is 0.465 e. The molecule has 0 radical (unpaired) electrons. The number of carbonyl (C=O) groups excluding carboxylic acids is 1. The molecule has 0 aromatic carbocycles. The molecule has 106 valence electrons. The molecule has 0 aliphatic carbocycles. The summed E-state index contributed by atoms with van der Waals surface area (Å²) in [6, 6.07) is 3.22. The number of esters is 1. The van der Waals surface area contributed by atoms with E-state index < -0.39 is 16.0 Å². The first-order chi connectivity index (χ1) is 9.44. The molecule has 2 N–H and O–H groups in total. The molecule has 0 bridgehead atoms. The fraction of sp³-hybridized carbons (Fsp3) is 0.182. The first-order valence-electron chi connectivity index (χ1n) is 5.51. The van der Waals surface area contributed by atoms with Crippen LogP contribution in [0, 0.1) is 6.92 Å². The number of nitrogens with one attached hydrogen (secondary N) is 2. The Hall–Kier alpha value is -2.42. The molecule has 0 aliphatic heterocycles. The Morgan fingerprint density at radius 1 is 1.35 bits per heavy atom. The van der Waals surface area contributed by atoms with Crippen LogP contribution in [0.4, 0.5) is 5.82 Å². The molecule has 0 aliphatic rings. The van der Waals surface area contributed by atoms with Crippen molar-refractivity contribution >= 4 is 21.8 Å². The molecule has 2 aromatic heterocycles. The summed E-state index contributed by atoms with van der Waals surface area (Å²) in [5.74, 6) is -0.656. The molecule has 9 heteroatoms. The Morgan fingerprint density at radius 3 is 2.70 bits per heavy atom. The van der Waals surface area contributed by atoms with E-state index in [0.29, 0.717) is 0 Å². The molecule has 0 spiro atoms. The Bertz CT molecular complexity index is 721. The SMILES string of the molecule is COC(=O)c1cn[nH]c1S(=O)(=O)Nc1ccc(C)cn1. The molecule has 0 saturated carbocycles. The first-order valence-corrected chi connectivity index (χ1v) is 6.99. The van der Waals surface area contributed by atoms with E-state index in [-0.39, 0.29) is 16.4 Å². The van der Waals surface area contributed by atoms with Gasteiger partial charge >= 0.3 is 5.97 Å². The molecule has 0 atom stereocenters. The predicted octanol–water partition coefficient (Wildman–Crippen LogP) is 0.701. The second-order valence-corrected chi connectivity index (χ2v) is 5.55. The number of rotatable bonds is 4. The van der Waals surface area contributed by atoms with Gasteiger partial charge in [0.15, 0.2) is 5.03 Å². The number of ether oxygens (including phenoxy) is 1. The summed E-state index contributed by atoms with van der Waals surface area (Å²) >= 11 is 0. The van der Waals surface area contributed by atoms with Crippen molar-refractivity contribution in [1.29, 1.82) is 0 Å². The number of carbonyl (C=O) groups is 1. The maximum atomic E-state index is 12.2. The van der Waals surface area contributed by atoms with E-state index >= 15 is 0 Å². The molecule has 0 unspecified atom stereocenters. The standard InChI is InChI=1S/C11H12N4O4S/c1-7-3-4-9(12-5-7)15-20(17,18)10-8(6-13-14-10)11(16)19-2/h3-6H,1-2H3,(H,12,15)(H,13,14). The van der Waals surface area contributed by atoms with Crippen molar-refractivity contribution in [3.05, 3.63) is 35.7 Å². The highest BCUT2D eigenvalue weighted by Gasteiger charge is 2.25. The van der Waals surface area contributed by atoms with Crippen LogP contribution < -0.4 is 4.72 Å². The lowest BCUT2D eigenvalue weighted by Crippen LogP contribution is -2.17. The first kappa shape index (κ1) is 14.0. The summed E-state index contributed by atoms with van der Waals surface area (Å²) in [4.78, 5) is 15.4. The fourth-order valence-corrected chi connectivity index (χ4v) is 2.55. The number of sulfonamides is 1. The topological polar surface area (TPSA) is 114 Å². The van der Waals surface area contributed by atoms with Crippen molar-refractivity contribution in [2.45, 2.75) is 11.9 Å². The molecule has 0 fully saturated rings. The van der Waals surface area contributed by atoms with Gasteiger partial charge < -0.3 is 4.74 Å². The highest BCUT2D eigenvalue weighted by atomic mass is 32.2. The molecule has 2 heterocycles. The molecule has 0 saturated heterocycles. The summed E-state index contributed by atoms with van der Waals surface area (Å²) < 4.78 is 31.1. The second kappa shape index (κ2) is 5.29. The lowest BCUT2D eigenvalue weighted by molar-refractivity contribution is 0.0596. The fourth-order valence-electron chi connectivity index (χ4n) is 1.45. The molecule has 20 heavy (non-hydrogen) atoms. The van der Waals surface area contributed by atoms with Crippen LogP contribution in [0.15, 0.2) is 29.6 Å². The normalized spacial score (nSPS) is 11.1. The zero-order valence-electron chi connectivity index (χ0n) is 10.7. The number of anilines is 1. The minimum absolute atomic E-state index is 0.140. The van der Waals surface area contributed by atoms with Crippen molar-refractivity contribution in [3.63, 3.8) is 0 Å². The number of aromatic nitrogens is 3. The second-order valence-electron chi connectivity index (χ2n) is 3.93. The van der Waals surface area contributed by atoms with Gasteiger partial charge in [0.2, 0.25) is 0 Å². The van der Waals surface area contributed by atoms with Crippen LogP contribution in [0.2, 0.25) is 0 Å². The van der Waals surface area contributed by atoms with Crippen LogP contribution in [0.3, 0.4) is 0 Å². The smallest absolute Gasteiger partial charge is 0.342 e. The highest BCUT2D eigenvalue weighted by Crippen LogP contribution is 2.16. The van der Waals surface area contributed by atoms with Gasteiger partial charge in [-0.1, -0.05) is 6.07 Å². The summed E-state index contributed by atoms with van der Waals surface area (Å²) in [7, 11) is -2.85. The molecular weight excluding hydrogens is 284 g/mol. The van der Waals surface area contributed by atoms with E-state index in [0.717, 1.165) is 18.9 Å². The molecular formula is C11H12N4O4S. The van der Waals surface area contributed by atoms with Gasteiger partial charge in [0.05, 0.1) is 13.3 Å². The van der Waals surface area contributed by atoms with Gasteiger partial charge in [0.1, 0.15) is 11.4 Å². The van der Waals surface area contributed by atoms with Gasteiger partial charge in [-0.2, -0.15) is 13.5 Å². The van der Waals surface area contributed by atoms with Crippen molar-refractivity contribution in [2.75, 3.05) is 11.8 Å². The third-order valence-electron chi connectivity index (χ3n) is 2.43. The number of aryl methyl sites for hydroxylation is 1. The Kier molecular flexibility index (Phi) is 3.70. The number of nitrogens with zero attached hydrogens (tertiary/aromatic N) is 2. The van der Waals surface area contributed by atoms with E-state index in [1.165, 1.54) is 12.3 Å². The zero-order valence-corrected chi connectivity index (χ0v) is 11.6. The van der Waals surface area contributed by atoms with Gasteiger partial charge in [-0.15, -0.1) is 0 Å². The average molecular weight is 296 g/mol. The van der Waals surface area contributed by atoms with Crippen molar-refractivity contribution in [3.8, 4) is 0 Å². The van der Waals surface area contributed by atoms with E-state index in [9.17, 15) is 13.2 Å². The van der Waals surface area contributed by atoms with Gasteiger partial charge in [0.25, 0.3) is 10.0 Å². The van der Waals surface area contributed by atoms with Crippen LogP contribution >= 0.6 is 0 Å². The lowest BCUT2D eigenvalue weighted by Gasteiger charge is -2.06. The van der Waals surface area contributed by atoms with Gasteiger partial charge in [-0.25, -0.2) is 9.78 Å². The molecule has 8 nitrogen and oxygen atoms in total. The maximum absolute atomic E-state index is 12.2. The maximum Gasteiger partial charge on any atom is 0.342 e. The number of pyridine rings is 1. The average Bonchev–Trinajstić information content (AvgIpc) is 2.90. The van der Waals surface area contributed by atoms with Crippen molar-refractivity contribution in [1.82, 2.24) is 15.2 Å². The van der Waals surface area contributed by atoms with E-state index in [2.05, 4.69) is 24.6 Å². The van der Waals surface area contributed by atoms with Crippen molar-refractivity contribution in [2.24, 2.45) is 0 Å². The zero-order chi connectivity index (χ0) is 14.8. The molecule has 2 rings (SSSR count). The Labute approximate surface area is 115 Å². The lowest BCUT2D eigenvalue weighted by atomic mass is 10.3. The van der Waals surface area contributed by atoms with E-state index in [1.54, 1.807) is 6.07 Å². The number of hydrogen-bond donors (Lipinski definition) is 2. The van der Waals surface area contributed by atoms with E-state index in [1.807, 2.05) is 6.92 Å². The highest BCUT2D eigenvalue weighted by molar-refractivity contribution is 7.92. The van der Waals surface area contributed by atoms with Gasteiger partial charge in [-0.3, -0.25) is 9.82 Å². The molecule has 2 aromatic rings. The number of methoxy groups -OCH3 is 1. The quantitative estimate of drug-likeness (QED) is 0.803. The minimum Gasteiger partial charge on any atom is -0.465 e. The third-order valence-corrected chi connectivity index (χ3v) is 3.76. The predicted molar refractivity (Wildman–Crippen MR) is 69.7 cm³/mol. The number of hydrogen-bond acceptors (Lipinski definition) is 6. The van der Waals surface area contributed by atoms with Crippen LogP contribution in [-0.2, 0) is 14.8 Å². The number of H-pyrrole nitrogens is 1. The molecule has 0 amide bonds. The van der Waals surface area contributed by atoms with Gasteiger partial charge in [0, 0.05) is 6.20 Å².